The average molecular weight is 623 g/mol. The molecule has 2 unspecified atom stereocenters. The van der Waals surface area contributed by atoms with E-state index in [4.69, 9.17) is 9.47 Å². The van der Waals surface area contributed by atoms with Gasteiger partial charge in [0.25, 0.3) is 5.91 Å². The quantitative estimate of drug-likeness (QED) is 0.383. The number of piperazine rings is 1. The predicted molar refractivity (Wildman–Crippen MR) is 163 cm³/mol. The molecular weight excluding hydrogens is 586 g/mol. The number of anilines is 3. The summed E-state index contributed by atoms with van der Waals surface area (Å²) in [5.41, 5.74) is 2.00. The van der Waals surface area contributed by atoms with Gasteiger partial charge in [0.05, 0.1) is 24.9 Å². The van der Waals surface area contributed by atoms with Gasteiger partial charge < -0.3 is 34.6 Å². The number of carbonyl (C=O) groups excluding carboxylic acids is 1. The lowest BCUT2D eigenvalue weighted by atomic mass is 10.0. The summed E-state index contributed by atoms with van der Waals surface area (Å²) in [6.45, 7) is 5.25. The number of pyridine rings is 1. The molecule has 1 aromatic carbocycles. The minimum atomic E-state index is -3.38. The number of ether oxygens (including phenoxy) is 2. The SMILES string of the molecule is COc1nc(Nc2nccc(-c3ccc(OC4CCN(C(=O)C(C)O)CC4(F)F)c(C#N)c3)n2)ccc1N1CCN(C)C[C@@H]1C. The van der Waals surface area contributed by atoms with Crippen molar-refractivity contribution in [3.63, 3.8) is 0 Å². The maximum atomic E-state index is 14.9. The summed E-state index contributed by atoms with van der Waals surface area (Å²) in [7, 11) is 3.68. The van der Waals surface area contributed by atoms with E-state index in [2.05, 4.69) is 44.0 Å². The first kappa shape index (κ1) is 31.8. The molecule has 0 radical (unpaired) electrons. The lowest BCUT2D eigenvalue weighted by molar-refractivity contribution is -0.165. The molecule has 0 spiro atoms. The highest BCUT2D eigenvalue weighted by atomic mass is 19.3. The van der Waals surface area contributed by atoms with E-state index >= 15 is 0 Å². The highest BCUT2D eigenvalue weighted by Crippen LogP contribution is 2.35. The molecule has 0 aliphatic carbocycles. The number of aromatic nitrogens is 3. The van der Waals surface area contributed by atoms with Gasteiger partial charge in [-0.2, -0.15) is 10.2 Å². The number of nitrogens with zero attached hydrogens (tertiary/aromatic N) is 7. The van der Waals surface area contributed by atoms with Gasteiger partial charge in [-0.1, -0.05) is 0 Å². The number of aliphatic hydroxyl groups is 1. The Labute approximate surface area is 260 Å². The van der Waals surface area contributed by atoms with Crippen LogP contribution in [-0.4, -0.2) is 107 Å². The maximum Gasteiger partial charge on any atom is 0.301 e. The molecule has 2 aliphatic rings. The van der Waals surface area contributed by atoms with Crippen LogP contribution in [0.5, 0.6) is 11.6 Å². The van der Waals surface area contributed by atoms with Crippen LogP contribution >= 0.6 is 0 Å². The Kier molecular flexibility index (Phi) is 9.31. The van der Waals surface area contributed by atoms with Gasteiger partial charge in [0.15, 0.2) is 6.10 Å². The van der Waals surface area contributed by atoms with Crippen LogP contribution in [0.25, 0.3) is 11.3 Å². The zero-order valence-electron chi connectivity index (χ0n) is 25.6. The molecule has 14 heteroatoms. The third kappa shape index (κ3) is 7.05. The Bertz CT molecular complexity index is 1580. The zero-order chi connectivity index (χ0) is 32.3. The third-order valence-electron chi connectivity index (χ3n) is 7.94. The van der Waals surface area contributed by atoms with Crippen LogP contribution in [0.1, 0.15) is 25.8 Å². The van der Waals surface area contributed by atoms with Crippen LogP contribution < -0.4 is 19.7 Å². The molecule has 2 aromatic heterocycles. The van der Waals surface area contributed by atoms with Crippen molar-refractivity contribution in [3.05, 3.63) is 48.2 Å². The number of carbonyl (C=O) groups is 1. The van der Waals surface area contributed by atoms with E-state index in [9.17, 15) is 23.9 Å². The topological polar surface area (TPSA) is 140 Å². The minimum absolute atomic E-state index is 0.000291. The highest BCUT2D eigenvalue weighted by molar-refractivity contribution is 5.80. The number of rotatable bonds is 8. The Balaban J connectivity index is 1.30. The molecule has 45 heavy (non-hydrogen) atoms. The molecule has 1 amide bonds. The van der Waals surface area contributed by atoms with Crippen molar-refractivity contribution < 1.29 is 28.2 Å². The predicted octanol–water partition coefficient (Wildman–Crippen LogP) is 3.30. The first-order chi connectivity index (χ1) is 21.5. The fourth-order valence-electron chi connectivity index (χ4n) is 5.61. The number of hydrogen-bond acceptors (Lipinski definition) is 11. The molecule has 2 aliphatic heterocycles. The zero-order valence-corrected chi connectivity index (χ0v) is 25.6. The van der Waals surface area contributed by atoms with Gasteiger partial charge in [0.1, 0.15) is 29.4 Å². The molecule has 2 N–H and O–H groups in total. The van der Waals surface area contributed by atoms with Gasteiger partial charge in [0, 0.05) is 50.4 Å². The van der Waals surface area contributed by atoms with E-state index in [0.717, 1.165) is 30.2 Å². The number of likely N-dealkylation sites (N-methyl/N-ethyl adjacent to an activating group) is 1. The Morgan fingerprint density at radius 1 is 1.20 bits per heavy atom. The second kappa shape index (κ2) is 13.2. The summed E-state index contributed by atoms with van der Waals surface area (Å²) in [5.74, 6) is -2.91. The number of nitrogens with one attached hydrogen (secondary N) is 1. The molecule has 12 nitrogen and oxygen atoms in total. The summed E-state index contributed by atoms with van der Waals surface area (Å²) < 4.78 is 41.0. The number of nitriles is 1. The number of piperidine rings is 1. The van der Waals surface area contributed by atoms with E-state index in [-0.39, 0.29) is 30.2 Å². The van der Waals surface area contributed by atoms with Gasteiger partial charge >= 0.3 is 5.92 Å². The van der Waals surface area contributed by atoms with Crippen molar-refractivity contribution in [3.8, 4) is 29.0 Å². The van der Waals surface area contributed by atoms with Crippen LogP contribution in [0.2, 0.25) is 0 Å². The van der Waals surface area contributed by atoms with Crippen LogP contribution in [0.3, 0.4) is 0 Å². The molecule has 5 rings (SSSR count). The standard InChI is InChI=1S/C31H36F2N8O4/c1-19-17-39(3)13-14-41(19)24-6-8-27(37-28(24)44-4)38-30-35-11-9-23(36-30)21-5-7-25(22(15-21)16-34)45-26-10-12-40(18-31(26,32)33)29(43)20(2)42/h5-9,11,15,19-20,26,42H,10,12-14,17-18H2,1-4H3,(H,35,36,37,38)/t19-,20?,26?/m0/s1. The summed E-state index contributed by atoms with van der Waals surface area (Å²) in [4.78, 5) is 31.0. The number of amides is 1. The summed E-state index contributed by atoms with van der Waals surface area (Å²) in [5, 5.41) is 22.4. The Morgan fingerprint density at radius 3 is 2.69 bits per heavy atom. The van der Waals surface area contributed by atoms with Crippen molar-refractivity contribution in [1.82, 2.24) is 24.8 Å². The number of halogens is 2. The largest absolute Gasteiger partial charge is 0.483 e. The molecule has 0 bridgehead atoms. The molecular formula is C31H36F2N8O4. The van der Waals surface area contributed by atoms with Gasteiger partial charge in [-0.15, -0.1) is 0 Å². The van der Waals surface area contributed by atoms with Crippen molar-refractivity contribution >= 4 is 23.4 Å². The molecule has 2 fully saturated rings. The lowest BCUT2D eigenvalue weighted by Gasteiger charge is -2.40. The van der Waals surface area contributed by atoms with Gasteiger partial charge in [-0.25, -0.2) is 18.7 Å². The second-order valence-electron chi connectivity index (χ2n) is 11.3. The summed E-state index contributed by atoms with van der Waals surface area (Å²) in [6.07, 6.45) is -1.52. The van der Waals surface area contributed by atoms with Crippen molar-refractivity contribution in [2.75, 3.05) is 57.1 Å². The monoisotopic (exact) mass is 622 g/mol. The van der Waals surface area contributed by atoms with Crippen LogP contribution in [0.4, 0.5) is 26.2 Å². The van der Waals surface area contributed by atoms with Crippen molar-refractivity contribution in [2.45, 2.75) is 44.4 Å². The van der Waals surface area contributed by atoms with E-state index in [1.807, 2.05) is 18.2 Å². The average Bonchev–Trinajstić information content (AvgIpc) is 3.02. The minimum Gasteiger partial charge on any atom is -0.483 e. The van der Waals surface area contributed by atoms with Crippen molar-refractivity contribution in [2.24, 2.45) is 0 Å². The molecule has 0 saturated carbocycles. The smallest absolute Gasteiger partial charge is 0.301 e. The first-order valence-electron chi connectivity index (χ1n) is 14.6. The van der Waals surface area contributed by atoms with E-state index in [1.165, 1.54) is 19.1 Å². The summed E-state index contributed by atoms with van der Waals surface area (Å²) >= 11 is 0. The number of likely N-dealkylation sites (tertiary alicyclic amines) is 1. The van der Waals surface area contributed by atoms with Gasteiger partial charge in [0.2, 0.25) is 11.8 Å². The van der Waals surface area contributed by atoms with E-state index < -0.39 is 30.6 Å². The van der Waals surface area contributed by atoms with Crippen LogP contribution in [-0.2, 0) is 4.79 Å². The maximum absolute atomic E-state index is 14.9. The lowest BCUT2D eigenvalue weighted by Crippen LogP contribution is -2.56. The van der Waals surface area contributed by atoms with Crippen molar-refractivity contribution in [1.29, 1.82) is 5.26 Å². The molecule has 238 valence electrons. The molecule has 3 atom stereocenters. The Morgan fingerprint density at radius 2 is 2.00 bits per heavy atom. The second-order valence-corrected chi connectivity index (χ2v) is 11.3. The number of alkyl halides is 2. The fraction of sp³-hybridized carbons (Fsp3) is 0.452. The number of hydrogen-bond donors (Lipinski definition) is 2. The first-order valence-corrected chi connectivity index (χ1v) is 14.6. The van der Waals surface area contributed by atoms with E-state index in [1.54, 1.807) is 25.4 Å². The number of benzene rings is 1. The van der Waals surface area contributed by atoms with E-state index in [0.29, 0.717) is 29.0 Å². The summed E-state index contributed by atoms with van der Waals surface area (Å²) in [6, 6.07) is 12.4. The van der Waals surface area contributed by atoms with Crippen LogP contribution in [0, 0.1) is 11.3 Å². The fourth-order valence-corrected chi connectivity index (χ4v) is 5.61. The normalized spacial score (nSPS) is 20.7. The highest BCUT2D eigenvalue weighted by Gasteiger charge is 2.48. The number of methoxy groups -OCH3 is 1. The van der Waals surface area contributed by atoms with Crippen LogP contribution in [0.15, 0.2) is 42.6 Å². The Hall–Kier alpha value is -4.61. The molecule has 3 aromatic rings. The van der Waals surface area contributed by atoms with Gasteiger partial charge in [-0.05, 0) is 57.3 Å². The molecule has 4 heterocycles. The van der Waals surface area contributed by atoms with Gasteiger partial charge in [-0.3, -0.25) is 4.79 Å². The molecule has 2 saturated heterocycles. The number of aliphatic hydroxyl groups excluding tert-OH is 1. The third-order valence-corrected chi connectivity index (χ3v) is 7.94.